The first-order valence-electron chi connectivity index (χ1n) is 6.56. The number of alkyl halides is 1. The molecule has 1 fully saturated rings. The number of piperidine rings is 1. The number of hydrogen-bond donors (Lipinski definition) is 2. The Morgan fingerprint density at radius 1 is 1.26 bits per heavy atom. The van der Waals surface area contributed by atoms with Crippen LogP contribution in [0, 0.1) is 0 Å². The van der Waals surface area contributed by atoms with E-state index >= 15 is 0 Å². The molecule has 19 heavy (non-hydrogen) atoms. The molecule has 1 rings (SSSR count). The minimum atomic E-state index is -0.600. The van der Waals surface area contributed by atoms with Gasteiger partial charge in [-0.05, 0) is 40.5 Å². The number of nitrogens with one attached hydrogen (secondary N) is 1. The molecule has 0 aromatic carbocycles. The van der Waals surface area contributed by atoms with E-state index in [1.54, 1.807) is 4.90 Å². The maximum atomic E-state index is 12.4. The van der Waals surface area contributed by atoms with Crippen molar-refractivity contribution in [2.24, 2.45) is 5.73 Å². The van der Waals surface area contributed by atoms with Gasteiger partial charge in [-0.25, -0.2) is 0 Å². The summed E-state index contributed by atoms with van der Waals surface area (Å²) in [5.74, 6) is -0.819. The predicted octanol–water partition coefficient (Wildman–Crippen LogP) is 0.848. The normalized spacial score (nSPS) is 22.1. The first-order chi connectivity index (χ1) is 8.62. The smallest absolute Gasteiger partial charge is 0.312 e. The van der Waals surface area contributed by atoms with Crippen LogP contribution in [0.4, 0.5) is 0 Å². The predicted molar refractivity (Wildman–Crippen MR) is 75.9 cm³/mol. The highest BCUT2D eigenvalue weighted by atomic mass is 35.5. The van der Waals surface area contributed by atoms with Crippen molar-refractivity contribution in [1.29, 1.82) is 0 Å². The zero-order chi connectivity index (χ0) is 14.8. The molecule has 0 aliphatic carbocycles. The van der Waals surface area contributed by atoms with E-state index in [0.717, 1.165) is 0 Å². The molecule has 0 aromatic rings. The van der Waals surface area contributed by atoms with Gasteiger partial charge in [-0.2, -0.15) is 0 Å². The monoisotopic (exact) mass is 289 g/mol. The molecule has 0 aromatic heterocycles. The largest absolute Gasteiger partial charge is 0.347 e. The summed E-state index contributed by atoms with van der Waals surface area (Å²) in [5.41, 5.74) is 5.18. The molecule has 1 aliphatic rings. The van der Waals surface area contributed by atoms with Crippen LogP contribution >= 0.6 is 11.6 Å². The molecule has 0 saturated carbocycles. The molecule has 1 aliphatic heterocycles. The number of halogens is 1. The summed E-state index contributed by atoms with van der Waals surface area (Å²) < 4.78 is 0. The van der Waals surface area contributed by atoms with Crippen molar-refractivity contribution in [3.05, 3.63) is 0 Å². The molecule has 0 spiro atoms. The van der Waals surface area contributed by atoms with Gasteiger partial charge in [0, 0.05) is 29.5 Å². The Hall–Kier alpha value is -0.810. The Morgan fingerprint density at radius 2 is 1.74 bits per heavy atom. The first-order valence-corrected chi connectivity index (χ1v) is 7.09. The SMILES string of the molecule is CC1(C)CC(N)CC(C)(C)N1C(=O)C(=O)NCCCl. The highest BCUT2D eigenvalue weighted by Gasteiger charge is 2.48. The summed E-state index contributed by atoms with van der Waals surface area (Å²) >= 11 is 5.51. The lowest BCUT2D eigenvalue weighted by Crippen LogP contribution is -2.67. The topological polar surface area (TPSA) is 75.4 Å². The fourth-order valence-electron chi connectivity index (χ4n) is 3.25. The van der Waals surface area contributed by atoms with Gasteiger partial charge in [0.15, 0.2) is 0 Å². The zero-order valence-electron chi connectivity index (χ0n) is 12.1. The van der Waals surface area contributed by atoms with E-state index in [2.05, 4.69) is 5.32 Å². The second-order valence-corrected chi connectivity index (χ2v) is 6.76. The first kappa shape index (κ1) is 16.2. The number of carbonyl (C=O) groups excluding carboxylic acids is 2. The average molecular weight is 290 g/mol. The van der Waals surface area contributed by atoms with E-state index < -0.39 is 22.9 Å². The molecule has 0 radical (unpaired) electrons. The van der Waals surface area contributed by atoms with Crippen LogP contribution in [0.3, 0.4) is 0 Å². The van der Waals surface area contributed by atoms with Crippen LogP contribution in [-0.2, 0) is 9.59 Å². The molecule has 0 unspecified atom stereocenters. The number of likely N-dealkylation sites (tertiary alicyclic amines) is 1. The minimum absolute atomic E-state index is 0.0416. The van der Waals surface area contributed by atoms with E-state index in [1.165, 1.54) is 0 Å². The van der Waals surface area contributed by atoms with E-state index in [0.29, 0.717) is 19.4 Å². The van der Waals surface area contributed by atoms with Crippen molar-refractivity contribution in [3.63, 3.8) is 0 Å². The fraction of sp³-hybridized carbons (Fsp3) is 0.846. The van der Waals surface area contributed by atoms with E-state index in [-0.39, 0.29) is 11.9 Å². The summed E-state index contributed by atoms with van der Waals surface area (Å²) in [6, 6.07) is 0.0416. The Balaban J connectivity index is 2.94. The van der Waals surface area contributed by atoms with Gasteiger partial charge in [-0.15, -0.1) is 11.6 Å². The third-order valence-corrected chi connectivity index (χ3v) is 3.70. The Morgan fingerprint density at radius 3 is 2.16 bits per heavy atom. The van der Waals surface area contributed by atoms with Crippen molar-refractivity contribution < 1.29 is 9.59 Å². The molecule has 2 amide bonds. The van der Waals surface area contributed by atoms with Crippen molar-refractivity contribution in [2.75, 3.05) is 12.4 Å². The van der Waals surface area contributed by atoms with Crippen molar-refractivity contribution >= 4 is 23.4 Å². The minimum Gasteiger partial charge on any atom is -0.347 e. The number of amides is 2. The van der Waals surface area contributed by atoms with Gasteiger partial charge in [-0.3, -0.25) is 9.59 Å². The number of carbonyl (C=O) groups is 2. The van der Waals surface area contributed by atoms with Crippen LogP contribution in [0.25, 0.3) is 0 Å². The maximum Gasteiger partial charge on any atom is 0.312 e. The van der Waals surface area contributed by atoms with Gasteiger partial charge < -0.3 is 16.0 Å². The van der Waals surface area contributed by atoms with Crippen LogP contribution < -0.4 is 11.1 Å². The lowest BCUT2D eigenvalue weighted by molar-refractivity contribution is -0.158. The van der Waals surface area contributed by atoms with Crippen molar-refractivity contribution in [3.8, 4) is 0 Å². The highest BCUT2D eigenvalue weighted by Crippen LogP contribution is 2.37. The van der Waals surface area contributed by atoms with Gasteiger partial charge in [0.25, 0.3) is 0 Å². The third kappa shape index (κ3) is 3.60. The molecule has 5 nitrogen and oxygen atoms in total. The summed E-state index contributed by atoms with van der Waals surface area (Å²) in [7, 11) is 0. The van der Waals surface area contributed by atoms with Crippen LogP contribution in [0.1, 0.15) is 40.5 Å². The summed E-state index contributed by atoms with van der Waals surface area (Å²) in [4.78, 5) is 25.9. The Labute approximate surface area is 119 Å². The number of nitrogens with two attached hydrogens (primary N) is 1. The molecule has 3 N–H and O–H groups in total. The summed E-state index contributed by atoms with van der Waals surface area (Å²) in [6.07, 6.45) is 1.37. The lowest BCUT2D eigenvalue weighted by atomic mass is 9.77. The van der Waals surface area contributed by atoms with E-state index in [9.17, 15) is 9.59 Å². The summed E-state index contributed by atoms with van der Waals surface area (Å²) in [6.45, 7) is 8.07. The third-order valence-electron chi connectivity index (χ3n) is 3.51. The molecular formula is C13H24ClN3O2. The quantitative estimate of drug-likeness (QED) is 0.584. The van der Waals surface area contributed by atoms with Crippen LogP contribution in [0.2, 0.25) is 0 Å². The maximum absolute atomic E-state index is 12.4. The molecule has 110 valence electrons. The van der Waals surface area contributed by atoms with Crippen molar-refractivity contribution in [1.82, 2.24) is 10.2 Å². The van der Waals surface area contributed by atoms with Gasteiger partial charge in [0.1, 0.15) is 0 Å². The van der Waals surface area contributed by atoms with Gasteiger partial charge in [-0.1, -0.05) is 0 Å². The Kier molecular flexibility index (Phi) is 4.85. The van der Waals surface area contributed by atoms with Gasteiger partial charge in [0.2, 0.25) is 0 Å². The molecular weight excluding hydrogens is 266 g/mol. The van der Waals surface area contributed by atoms with Gasteiger partial charge >= 0.3 is 11.8 Å². The highest BCUT2D eigenvalue weighted by molar-refractivity contribution is 6.35. The number of rotatable bonds is 2. The van der Waals surface area contributed by atoms with E-state index in [4.69, 9.17) is 17.3 Å². The molecule has 1 heterocycles. The molecule has 6 heteroatoms. The number of hydrogen-bond acceptors (Lipinski definition) is 3. The van der Waals surface area contributed by atoms with Crippen LogP contribution in [0.15, 0.2) is 0 Å². The lowest BCUT2D eigenvalue weighted by Gasteiger charge is -2.54. The van der Waals surface area contributed by atoms with E-state index in [1.807, 2.05) is 27.7 Å². The summed E-state index contributed by atoms with van der Waals surface area (Å²) in [5, 5.41) is 2.52. The van der Waals surface area contributed by atoms with Crippen LogP contribution in [-0.4, -0.2) is 46.3 Å². The molecule has 1 saturated heterocycles. The standard InChI is InChI=1S/C13H24ClN3O2/c1-12(2)7-9(15)8-13(3,4)17(12)11(19)10(18)16-6-5-14/h9H,5-8,15H2,1-4H3,(H,16,18). The van der Waals surface area contributed by atoms with Crippen LogP contribution in [0.5, 0.6) is 0 Å². The molecule has 0 atom stereocenters. The second-order valence-electron chi connectivity index (χ2n) is 6.38. The Bertz CT molecular complexity index is 351. The fourth-order valence-corrected chi connectivity index (χ4v) is 3.34. The average Bonchev–Trinajstić information content (AvgIpc) is 2.21. The van der Waals surface area contributed by atoms with Gasteiger partial charge in [0.05, 0.1) is 0 Å². The zero-order valence-corrected chi connectivity index (χ0v) is 12.9. The number of nitrogens with zero attached hydrogens (tertiary/aromatic N) is 1. The second kappa shape index (κ2) is 5.67. The molecule has 0 bridgehead atoms. The van der Waals surface area contributed by atoms with Crippen molar-refractivity contribution in [2.45, 2.75) is 57.7 Å².